The number of hydrogen-bond acceptors (Lipinski definition) is 7. The molecule has 0 N–H and O–H groups in total. The Kier molecular flexibility index (Phi) is 5.38. The van der Waals surface area contributed by atoms with E-state index in [-0.39, 0.29) is 6.79 Å². The summed E-state index contributed by atoms with van der Waals surface area (Å²) in [5.41, 5.74) is 1.84. The SMILES string of the molecule is COc1ccc(Br)cc1CN(C)Cn1nc(-c2ccc3c(c2)OCO3)oc1=S. The predicted molar refractivity (Wildman–Crippen MR) is 109 cm³/mol. The molecule has 1 aliphatic heterocycles. The third-order valence-electron chi connectivity index (χ3n) is 4.28. The van der Waals surface area contributed by atoms with Crippen LogP contribution in [-0.4, -0.2) is 35.6 Å². The van der Waals surface area contributed by atoms with Crippen LogP contribution in [0.1, 0.15) is 5.56 Å². The largest absolute Gasteiger partial charge is 0.496 e. The van der Waals surface area contributed by atoms with Crippen molar-refractivity contribution < 1.29 is 18.6 Å². The Bertz CT molecular complexity index is 1070. The van der Waals surface area contributed by atoms with E-state index in [1.165, 1.54) is 0 Å². The molecule has 0 amide bonds. The van der Waals surface area contributed by atoms with E-state index in [2.05, 4.69) is 25.9 Å². The number of ether oxygens (including phenoxy) is 3. The molecule has 0 saturated carbocycles. The number of nitrogens with zero attached hydrogens (tertiary/aromatic N) is 3. The Morgan fingerprint density at radius 3 is 2.86 bits per heavy atom. The van der Waals surface area contributed by atoms with Crippen molar-refractivity contribution in [3.63, 3.8) is 0 Å². The van der Waals surface area contributed by atoms with E-state index in [1.54, 1.807) is 11.8 Å². The van der Waals surface area contributed by atoms with Crippen LogP contribution in [0.3, 0.4) is 0 Å². The molecule has 0 aliphatic carbocycles. The molecule has 9 heteroatoms. The van der Waals surface area contributed by atoms with Crippen LogP contribution < -0.4 is 14.2 Å². The molecule has 7 nitrogen and oxygen atoms in total. The minimum Gasteiger partial charge on any atom is -0.496 e. The zero-order valence-corrected chi connectivity index (χ0v) is 17.7. The zero-order valence-electron chi connectivity index (χ0n) is 15.3. The number of fused-ring (bicyclic) bond motifs is 1. The van der Waals surface area contributed by atoms with Gasteiger partial charge in [-0.15, -0.1) is 5.10 Å². The highest BCUT2D eigenvalue weighted by molar-refractivity contribution is 9.10. The zero-order chi connectivity index (χ0) is 19.7. The fourth-order valence-electron chi connectivity index (χ4n) is 2.98. The molecule has 2 heterocycles. The van der Waals surface area contributed by atoms with Crippen molar-refractivity contribution in [3.8, 4) is 28.7 Å². The summed E-state index contributed by atoms with van der Waals surface area (Å²) in [7, 11) is 3.65. The number of methoxy groups -OCH3 is 1. The summed E-state index contributed by atoms with van der Waals surface area (Å²) in [5, 5.41) is 4.51. The minimum atomic E-state index is 0.223. The van der Waals surface area contributed by atoms with Gasteiger partial charge in [-0.1, -0.05) is 15.9 Å². The van der Waals surface area contributed by atoms with E-state index < -0.39 is 0 Å². The van der Waals surface area contributed by atoms with Gasteiger partial charge in [0.05, 0.1) is 13.8 Å². The van der Waals surface area contributed by atoms with Crippen LogP contribution in [0, 0.1) is 4.84 Å². The average Bonchev–Trinajstić information content (AvgIpc) is 3.28. The van der Waals surface area contributed by atoms with Crippen molar-refractivity contribution in [3.05, 3.63) is 51.3 Å². The van der Waals surface area contributed by atoms with Crippen LogP contribution in [0.5, 0.6) is 17.2 Å². The van der Waals surface area contributed by atoms with Crippen LogP contribution in [0.25, 0.3) is 11.5 Å². The summed E-state index contributed by atoms with van der Waals surface area (Å²) in [6.45, 7) is 1.36. The maximum absolute atomic E-state index is 5.69. The van der Waals surface area contributed by atoms with Crippen LogP contribution in [0.15, 0.2) is 45.3 Å². The standard InChI is InChI=1S/C19H18BrN3O4S/c1-22(9-13-7-14(20)4-6-15(13)24-2)10-23-19(28)27-18(21-23)12-3-5-16-17(8-12)26-11-25-16/h3-8H,9-11H2,1-2H3. The Balaban J connectivity index is 1.51. The molecule has 4 rings (SSSR count). The van der Waals surface area contributed by atoms with E-state index >= 15 is 0 Å². The van der Waals surface area contributed by atoms with E-state index in [4.69, 9.17) is 30.8 Å². The summed E-state index contributed by atoms with van der Waals surface area (Å²) in [6, 6.07) is 11.5. The normalized spacial score (nSPS) is 12.6. The Morgan fingerprint density at radius 1 is 1.21 bits per heavy atom. The van der Waals surface area contributed by atoms with Gasteiger partial charge in [0.2, 0.25) is 12.7 Å². The molecule has 1 aliphatic rings. The van der Waals surface area contributed by atoms with Crippen LogP contribution in [0.4, 0.5) is 0 Å². The lowest BCUT2D eigenvalue weighted by atomic mass is 10.2. The second-order valence-corrected chi connectivity index (χ2v) is 7.62. The molecule has 0 bridgehead atoms. The number of benzene rings is 2. The lowest BCUT2D eigenvalue weighted by Crippen LogP contribution is -2.22. The fraction of sp³-hybridized carbons (Fsp3) is 0.263. The second kappa shape index (κ2) is 7.94. The smallest absolute Gasteiger partial charge is 0.288 e. The molecule has 28 heavy (non-hydrogen) atoms. The van der Waals surface area contributed by atoms with E-state index in [9.17, 15) is 0 Å². The maximum atomic E-state index is 5.69. The lowest BCUT2D eigenvalue weighted by Gasteiger charge is -2.18. The van der Waals surface area contributed by atoms with Gasteiger partial charge in [-0.3, -0.25) is 4.90 Å². The number of halogens is 1. The molecule has 2 aromatic carbocycles. The summed E-state index contributed by atoms with van der Waals surface area (Å²) in [5.74, 6) is 2.66. The van der Waals surface area contributed by atoms with Gasteiger partial charge in [-0.05, 0) is 55.7 Å². The van der Waals surface area contributed by atoms with Gasteiger partial charge >= 0.3 is 0 Å². The van der Waals surface area contributed by atoms with Gasteiger partial charge in [0, 0.05) is 22.1 Å². The van der Waals surface area contributed by atoms with Gasteiger partial charge in [0.25, 0.3) is 4.84 Å². The van der Waals surface area contributed by atoms with Crippen molar-refractivity contribution >= 4 is 28.1 Å². The molecular weight excluding hydrogens is 446 g/mol. The van der Waals surface area contributed by atoms with Crippen molar-refractivity contribution in [2.45, 2.75) is 13.2 Å². The van der Waals surface area contributed by atoms with Crippen LogP contribution in [-0.2, 0) is 13.2 Å². The quantitative estimate of drug-likeness (QED) is 0.499. The van der Waals surface area contributed by atoms with Crippen molar-refractivity contribution in [1.29, 1.82) is 0 Å². The van der Waals surface area contributed by atoms with Gasteiger partial charge in [-0.2, -0.15) is 0 Å². The first-order valence-corrected chi connectivity index (χ1v) is 9.72. The van der Waals surface area contributed by atoms with Gasteiger partial charge in [-0.25, -0.2) is 4.68 Å². The van der Waals surface area contributed by atoms with E-state index in [0.717, 1.165) is 21.3 Å². The molecule has 0 saturated heterocycles. The lowest BCUT2D eigenvalue weighted by molar-refractivity contribution is 0.174. The third kappa shape index (κ3) is 3.91. The van der Waals surface area contributed by atoms with Gasteiger partial charge in [0.1, 0.15) is 5.75 Å². The Morgan fingerprint density at radius 2 is 2.04 bits per heavy atom. The maximum Gasteiger partial charge on any atom is 0.288 e. The second-order valence-electron chi connectivity index (χ2n) is 6.35. The summed E-state index contributed by atoms with van der Waals surface area (Å²) >= 11 is 8.85. The van der Waals surface area contributed by atoms with Crippen LogP contribution >= 0.6 is 28.1 Å². The first-order valence-electron chi connectivity index (χ1n) is 8.52. The van der Waals surface area contributed by atoms with Crippen molar-refractivity contribution in [2.24, 2.45) is 0 Å². The van der Waals surface area contributed by atoms with Crippen molar-refractivity contribution in [1.82, 2.24) is 14.7 Å². The predicted octanol–water partition coefficient (Wildman–Crippen LogP) is 4.46. The highest BCUT2D eigenvalue weighted by atomic mass is 79.9. The molecule has 1 aromatic heterocycles. The highest BCUT2D eigenvalue weighted by Crippen LogP contribution is 2.35. The van der Waals surface area contributed by atoms with Crippen LogP contribution in [0.2, 0.25) is 0 Å². The van der Waals surface area contributed by atoms with E-state index in [0.29, 0.717) is 35.4 Å². The summed E-state index contributed by atoms with van der Waals surface area (Å²) < 4.78 is 24.5. The van der Waals surface area contributed by atoms with E-state index in [1.807, 2.05) is 43.4 Å². The van der Waals surface area contributed by atoms with Gasteiger partial charge < -0.3 is 18.6 Å². The molecular formula is C19H18BrN3O4S. The molecule has 146 valence electrons. The van der Waals surface area contributed by atoms with Gasteiger partial charge in [0.15, 0.2) is 11.5 Å². The first-order chi connectivity index (χ1) is 13.5. The number of aromatic nitrogens is 2. The topological polar surface area (TPSA) is 61.9 Å². The Labute approximate surface area is 175 Å². The highest BCUT2D eigenvalue weighted by Gasteiger charge is 2.17. The molecule has 0 radical (unpaired) electrons. The average molecular weight is 464 g/mol. The number of rotatable bonds is 6. The first kappa shape index (κ1) is 19.0. The Hall–Kier alpha value is -2.36. The third-order valence-corrected chi connectivity index (χ3v) is 5.07. The molecule has 0 unspecified atom stereocenters. The molecule has 3 aromatic rings. The summed E-state index contributed by atoms with van der Waals surface area (Å²) in [6.07, 6.45) is 0. The van der Waals surface area contributed by atoms with Crippen molar-refractivity contribution in [2.75, 3.05) is 21.0 Å². The molecule has 0 spiro atoms. The monoisotopic (exact) mass is 463 g/mol. The summed E-state index contributed by atoms with van der Waals surface area (Å²) in [4.78, 5) is 2.38. The molecule has 0 fully saturated rings. The molecule has 0 atom stereocenters. The fourth-order valence-corrected chi connectivity index (χ4v) is 3.57. The number of hydrogen-bond donors (Lipinski definition) is 0. The minimum absolute atomic E-state index is 0.223.